The van der Waals surface area contributed by atoms with Crippen LogP contribution in [0.15, 0.2) is 48.5 Å². The Balaban J connectivity index is 1.70. The van der Waals surface area contributed by atoms with E-state index in [-0.39, 0.29) is 18.4 Å². The third-order valence-electron chi connectivity index (χ3n) is 6.51. The maximum Gasteiger partial charge on any atom is 0.407 e. The van der Waals surface area contributed by atoms with Crippen LogP contribution in [-0.2, 0) is 14.3 Å². The Morgan fingerprint density at radius 2 is 1.50 bits per heavy atom. The zero-order valence-electron chi connectivity index (χ0n) is 20.4. The van der Waals surface area contributed by atoms with Crippen molar-refractivity contribution in [1.29, 1.82) is 0 Å². The largest absolute Gasteiger partial charge is 0.480 e. The molecule has 0 heterocycles. The van der Waals surface area contributed by atoms with Gasteiger partial charge in [-0.3, -0.25) is 4.79 Å². The number of hydrogen-bond donors (Lipinski definition) is 3. The Labute approximate surface area is 200 Å². The Morgan fingerprint density at radius 1 is 0.971 bits per heavy atom. The van der Waals surface area contributed by atoms with E-state index in [9.17, 15) is 19.5 Å². The Hall–Kier alpha value is -3.35. The summed E-state index contributed by atoms with van der Waals surface area (Å²) in [4.78, 5) is 37.4. The molecule has 0 saturated carbocycles. The Morgan fingerprint density at radius 3 is 1.97 bits per heavy atom. The van der Waals surface area contributed by atoms with Crippen molar-refractivity contribution in [3.05, 3.63) is 59.7 Å². The van der Waals surface area contributed by atoms with Gasteiger partial charge in [0.05, 0.1) is 0 Å². The lowest BCUT2D eigenvalue weighted by molar-refractivity contribution is -0.144. The number of aliphatic carboxylic acids is 1. The number of carboxylic acids is 1. The minimum Gasteiger partial charge on any atom is -0.480 e. The molecule has 7 heteroatoms. The van der Waals surface area contributed by atoms with Crippen LogP contribution >= 0.6 is 0 Å². The van der Waals surface area contributed by atoms with Gasteiger partial charge in [0.25, 0.3) is 0 Å². The first kappa shape index (κ1) is 25.3. The molecule has 0 saturated heterocycles. The molecule has 3 N–H and O–H groups in total. The van der Waals surface area contributed by atoms with Crippen molar-refractivity contribution in [1.82, 2.24) is 10.6 Å². The number of benzene rings is 2. The fourth-order valence-corrected chi connectivity index (χ4v) is 4.35. The highest BCUT2D eigenvalue weighted by Gasteiger charge is 2.37. The van der Waals surface area contributed by atoms with E-state index in [4.69, 9.17) is 4.74 Å². The van der Waals surface area contributed by atoms with Crippen LogP contribution in [0.1, 0.15) is 58.1 Å². The first-order valence-corrected chi connectivity index (χ1v) is 11.7. The molecule has 0 fully saturated rings. The third-order valence-corrected chi connectivity index (χ3v) is 6.51. The topological polar surface area (TPSA) is 105 Å². The van der Waals surface area contributed by atoms with Gasteiger partial charge in [-0.15, -0.1) is 0 Å². The summed E-state index contributed by atoms with van der Waals surface area (Å²) in [6, 6.07) is 14.1. The van der Waals surface area contributed by atoms with Crippen LogP contribution in [0.4, 0.5) is 4.79 Å². The number of nitrogens with one attached hydrogen (secondary N) is 2. The van der Waals surface area contributed by atoms with E-state index >= 15 is 0 Å². The molecule has 3 atom stereocenters. The molecule has 182 valence electrons. The molecule has 0 aliphatic heterocycles. The first-order chi connectivity index (χ1) is 16.0. The van der Waals surface area contributed by atoms with Gasteiger partial charge >= 0.3 is 12.1 Å². The smallest absolute Gasteiger partial charge is 0.407 e. The van der Waals surface area contributed by atoms with Crippen molar-refractivity contribution in [2.45, 2.75) is 59.0 Å². The first-order valence-electron chi connectivity index (χ1n) is 11.7. The lowest BCUT2D eigenvalue weighted by atomic mass is 9.85. The Kier molecular flexibility index (Phi) is 7.64. The summed E-state index contributed by atoms with van der Waals surface area (Å²) in [5, 5.41) is 14.8. The van der Waals surface area contributed by atoms with Gasteiger partial charge in [0.15, 0.2) is 0 Å². The monoisotopic (exact) mass is 466 g/mol. The van der Waals surface area contributed by atoms with Crippen LogP contribution in [0.25, 0.3) is 11.1 Å². The van der Waals surface area contributed by atoms with Crippen LogP contribution < -0.4 is 10.6 Å². The molecule has 1 aliphatic carbocycles. The molecule has 2 aromatic carbocycles. The van der Waals surface area contributed by atoms with Crippen LogP contribution in [0.2, 0.25) is 0 Å². The van der Waals surface area contributed by atoms with Gasteiger partial charge in [0, 0.05) is 5.92 Å². The second-order valence-corrected chi connectivity index (χ2v) is 9.98. The highest BCUT2D eigenvalue weighted by molar-refractivity contribution is 5.90. The van der Waals surface area contributed by atoms with E-state index in [1.165, 1.54) is 0 Å². The summed E-state index contributed by atoms with van der Waals surface area (Å²) in [5.74, 6) is -2.00. The molecule has 1 aliphatic rings. The summed E-state index contributed by atoms with van der Waals surface area (Å²) in [6.45, 7) is 9.18. The lowest BCUT2D eigenvalue weighted by Crippen LogP contribution is -2.57. The summed E-state index contributed by atoms with van der Waals surface area (Å²) < 4.78 is 5.59. The molecule has 0 radical (unpaired) electrons. The van der Waals surface area contributed by atoms with Crippen LogP contribution in [0.3, 0.4) is 0 Å². The van der Waals surface area contributed by atoms with E-state index in [0.29, 0.717) is 6.42 Å². The van der Waals surface area contributed by atoms with Crippen LogP contribution in [0, 0.1) is 11.3 Å². The third kappa shape index (κ3) is 5.41. The predicted molar refractivity (Wildman–Crippen MR) is 130 cm³/mol. The number of carbonyl (C=O) groups excluding carboxylic acids is 2. The summed E-state index contributed by atoms with van der Waals surface area (Å²) in [7, 11) is 0. The summed E-state index contributed by atoms with van der Waals surface area (Å²) in [5.41, 5.74) is 3.79. The fourth-order valence-electron chi connectivity index (χ4n) is 4.35. The number of hydrogen-bond acceptors (Lipinski definition) is 4. The van der Waals surface area contributed by atoms with E-state index < -0.39 is 35.5 Å². The number of rotatable bonds is 8. The molecule has 2 amide bonds. The van der Waals surface area contributed by atoms with Crippen molar-refractivity contribution in [3.8, 4) is 11.1 Å². The van der Waals surface area contributed by atoms with Crippen LogP contribution in [0.5, 0.6) is 0 Å². The molecule has 7 nitrogen and oxygen atoms in total. The second-order valence-electron chi connectivity index (χ2n) is 9.98. The van der Waals surface area contributed by atoms with Crippen molar-refractivity contribution in [2.75, 3.05) is 6.61 Å². The standard InChI is InChI=1S/C27H34N2O5/c1-6-16(2)22(25(31)32)28-24(30)23(27(3,4)5)29-26(33)34-15-21-19-13-9-7-11-17(19)18-12-8-10-14-20(18)21/h7-14,16,21-23H,6,15H2,1-5H3,(H,28,30)(H,29,33)(H,31,32). The van der Waals surface area contributed by atoms with E-state index in [1.807, 2.05) is 43.3 Å². The molecule has 3 unspecified atom stereocenters. The number of amides is 2. The maximum atomic E-state index is 13.0. The van der Waals surface area contributed by atoms with Crippen LogP contribution in [-0.4, -0.2) is 41.8 Å². The molecule has 0 spiro atoms. The van der Waals surface area contributed by atoms with Gasteiger partial charge in [0.2, 0.25) is 5.91 Å². The predicted octanol–water partition coefficient (Wildman–Crippen LogP) is 4.56. The SMILES string of the molecule is CCC(C)C(NC(=O)C(NC(=O)OCC1c2ccccc2-c2ccccc21)C(C)(C)C)C(=O)O. The van der Waals surface area contributed by atoms with E-state index in [1.54, 1.807) is 27.7 Å². The molecule has 0 bridgehead atoms. The molecule has 3 rings (SSSR count). The quantitative estimate of drug-likeness (QED) is 0.529. The molecule has 34 heavy (non-hydrogen) atoms. The highest BCUT2D eigenvalue weighted by Crippen LogP contribution is 2.44. The van der Waals surface area contributed by atoms with E-state index in [2.05, 4.69) is 22.8 Å². The lowest BCUT2D eigenvalue weighted by Gasteiger charge is -2.32. The Bertz CT molecular complexity index is 1010. The maximum absolute atomic E-state index is 13.0. The number of fused-ring (bicyclic) bond motifs is 3. The minimum absolute atomic E-state index is 0.0955. The number of ether oxygens (including phenoxy) is 1. The number of carboxylic acid groups (broad SMARTS) is 1. The van der Waals surface area contributed by atoms with E-state index in [0.717, 1.165) is 22.3 Å². The summed E-state index contributed by atoms with van der Waals surface area (Å²) >= 11 is 0. The normalized spacial score (nSPS) is 15.4. The van der Waals surface area contributed by atoms with Gasteiger partial charge in [-0.05, 0) is 33.6 Å². The number of carbonyl (C=O) groups is 3. The average molecular weight is 467 g/mol. The van der Waals surface area contributed by atoms with Crippen molar-refractivity contribution >= 4 is 18.0 Å². The minimum atomic E-state index is -1.10. The average Bonchev–Trinajstić information content (AvgIpc) is 3.11. The zero-order valence-corrected chi connectivity index (χ0v) is 20.4. The van der Waals surface area contributed by atoms with Gasteiger partial charge < -0.3 is 20.5 Å². The highest BCUT2D eigenvalue weighted by atomic mass is 16.5. The van der Waals surface area contributed by atoms with Crippen molar-refractivity contribution in [2.24, 2.45) is 11.3 Å². The number of alkyl carbamates (subject to hydrolysis) is 1. The molecule has 2 aromatic rings. The molecule has 0 aromatic heterocycles. The van der Waals surface area contributed by atoms with Crippen molar-refractivity contribution in [3.63, 3.8) is 0 Å². The van der Waals surface area contributed by atoms with Gasteiger partial charge in [-0.1, -0.05) is 89.6 Å². The van der Waals surface area contributed by atoms with Gasteiger partial charge in [-0.25, -0.2) is 9.59 Å². The van der Waals surface area contributed by atoms with Gasteiger partial charge in [0.1, 0.15) is 18.7 Å². The van der Waals surface area contributed by atoms with Gasteiger partial charge in [-0.2, -0.15) is 0 Å². The summed E-state index contributed by atoms with van der Waals surface area (Å²) in [6.07, 6.45) is -0.121. The second kappa shape index (κ2) is 10.3. The molecular formula is C27H34N2O5. The molecular weight excluding hydrogens is 432 g/mol. The fraction of sp³-hybridized carbons (Fsp3) is 0.444. The zero-order chi connectivity index (χ0) is 25.0. The van der Waals surface area contributed by atoms with Crippen molar-refractivity contribution < 1.29 is 24.2 Å².